The first-order valence-corrected chi connectivity index (χ1v) is 6.67. The predicted molar refractivity (Wildman–Crippen MR) is 75.3 cm³/mol. The highest BCUT2D eigenvalue weighted by Gasteiger charge is 2.23. The van der Waals surface area contributed by atoms with Gasteiger partial charge in [0.05, 0.1) is 24.6 Å². The number of ether oxygens (including phenoxy) is 1. The number of aromatic nitrogens is 2. The lowest BCUT2D eigenvalue weighted by molar-refractivity contribution is -0.147. The number of aromatic carboxylic acids is 1. The number of hydrogen-bond acceptors (Lipinski definition) is 6. The normalized spacial score (nSPS) is 13.8. The van der Waals surface area contributed by atoms with Crippen LogP contribution < -0.4 is 0 Å². The molecule has 8 nitrogen and oxygen atoms in total. The van der Waals surface area contributed by atoms with E-state index in [4.69, 9.17) is 9.84 Å². The van der Waals surface area contributed by atoms with Crippen molar-refractivity contribution in [3.05, 3.63) is 29.5 Å². The van der Waals surface area contributed by atoms with Gasteiger partial charge >= 0.3 is 11.9 Å². The Morgan fingerprint density at radius 3 is 2.73 bits per heavy atom. The van der Waals surface area contributed by atoms with Crippen LogP contribution in [0.3, 0.4) is 0 Å². The zero-order valence-corrected chi connectivity index (χ0v) is 11.8. The second-order valence-electron chi connectivity index (χ2n) is 4.70. The van der Waals surface area contributed by atoms with Crippen LogP contribution in [0.25, 0.3) is 10.9 Å². The van der Waals surface area contributed by atoms with Gasteiger partial charge in [-0.2, -0.15) is 5.10 Å². The first-order valence-electron chi connectivity index (χ1n) is 6.67. The number of rotatable bonds is 6. The summed E-state index contributed by atoms with van der Waals surface area (Å²) in [7, 11) is 0. The number of nitrogens with one attached hydrogen (secondary N) is 1. The summed E-state index contributed by atoms with van der Waals surface area (Å²) in [5.41, 5.74) is 0.602. The number of H-pyrrole nitrogens is 1. The van der Waals surface area contributed by atoms with E-state index < -0.39 is 24.1 Å². The van der Waals surface area contributed by atoms with E-state index >= 15 is 0 Å². The maximum atomic E-state index is 11.3. The summed E-state index contributed by atoms with van der Waals surface area (Å²) >= 11 is 0. The number of aliphatic hydroxyl groups is 2. The number of benzene rings is 1. The van der Waals surface area contributed by atoms with E-state index in [1.165, 1.54) is 12.1 Å². The Labute approximate surface area is 125 Å². The Balaban J connectivity index is 2.24. The molecule has 118 valence electrons. The standard InChI is InChI=1S/C14H16N2O6/c1-2-22-11(18)6-10(17)13(19)7-3-4-9-8(5-7)12(14(20)21)16-15-9/h3-5,10,13,17,19H,2,6H2,1H3,(H,15,16)(H,20,21). The molecule has 4 N–H and O–H groups in total. The molecule has 0 amide bonds. The predicted octanol–water partition coefficient (Wildman–Crippen LogP) is 0.609. The van der Waals surface area contributed by atoms with Gasteiger partial charge in [-0.25, -0.2) is 4.79 Å². The van der Waals surface area contributed by atoms with Gasteiger partial charge in [0.2, 0.25) is 0 Å². The van der Waals surface area contributed by atoms with Gasteiger partial charge in [0.15, 0.2) is 5.69 Å². The number of aromatic amines is 1. The fourth-order valence-electron chi connectivity index (χ4n) is 2.10. The number of hydrogen-bond donors (Lipinski definition) is 4. The second kappa shape index (κ2) is 6.54. The fraction of sp³-hybridized carbons (Fsp3) is 0.357. The quantitative estimate of drug-likeness (QED) is 0.574. The average molecular weight is 308 g/mol. The van der Waals surface area contributed by atoms with Crippen molar-refractivity contribution in [1.82, 2.24) is 10.2 Å². The minimum atomic E-state index is -1.35. The van der Waals surface area contributed by atoms with Crippen molar-refractivity contribution in [2.45, 2.75) is 25.6 Å². The fourth-order valence-corrected chi connectivity index (χ4v) is 2.10. The molecule has 1 aromatic heterocycles. The van der Waals surface area contributed by atoms with Crippen LogP contribution in [0.15, 0.2) is 18.2 Å². The molecule has 0 aliphatic rings. The molecule has 8 heteroatoms. The number of esters is 1. The molecule has 0 bridgehead atoms. The van der Waals surface area contributed by atoms with Gasteiger partial charge in [-0.15, -0.1) is 0 Å². The van der Waals surface area contributed by atoms with Crippen molar-refractivity contribution < 1.29 is 29.6 Å². The molecule has 2 atom stereocenters. The third-order valence-corrected chi connectivity index (χ3v) is 3.18. The third-order valence-electron chi connectivity index (χ3n) is 3.18. The Hall–Kier alpha value is -2.45. The van der Waals surface area contributed by atoms with Crippen LogP contribution in [0.4, 0.5) is 0 Å². The second-order valence-corrected chi connectivity index (χ2v) is 4.70. The van der Waals surface area contributed by atoms with Crippen LogP contribution in [-0.2, 0) is 9.53 Å². The van der Waals surface area contributed by atoms with Crippen LogP contribution in [0.5, 0.6) is 0 Å². The lowest BCUT2D eigenvalue weighted by Crippen LogP contribution is -2.23. The van der Waals surface area contributed by atoms with Gasteiger partial charge in [0.1, 0.15) is 6.10 Å². The van der Waals surface area contributed by atoms with Gasteiger partial charge in [0.25, 0.3) is 0 Å². The molecule has 2 rings (SSSR count). The molecule has 22 heavy (non-hydrogen) atoms. The Bertz CT molecular complexity index is 696. The monoisotopic (exact) mass is 308 g/mol. The van der Waals surface area contributed by atoms with Crippen LogP contribution >= 0.6 is 0 Å². The lowest BCUT2D eigenvalue weighted by Gasteiger charge is -2.17. The molecule has 2 unspecified atom stereocenters. The Morgan fingerprint density at radius 2 is 2.09 bits per heavy atom. The first kappa shape index (κ1) is 15.9. The van der Waals surface area contributed by atoms with Crippen LogP contribution in [0.1, 0.15) is 35.5 Å². The summed E-state index contributed by atoms with van der Waals surface area (Å²) in [5.74, 6) is -1.82. The molecule has 1 aromatic carbocycles. The van der Waals surface area contributed by atoms with Gasteiger partial charge in [-0.1, -0.05) is 6.07 Å². The van der Waals surface area contributed by atoms with Crippen molar-refractivity contribution in [3.63, 3.8) is 0 Å². The summed E-state index contributed by atoms with van der Waals surface area (Å²) in [5, 5.41) is 35.6. The SMILES string of the molecule is CCOC(=O)CC(O)C(O)c1ccc2[nH]nc(C(=O)O)c2c1. The highest BCUT2D eigenvalue weighted by molar-refractivity contribution is 6.01. The third kappa shape index (κ3) is 3.23. The molecular weight excluding hydrogens is 292 g/mol. The van der Waals surface area contributed by atoms with Crippen molar-refractivity contribution in [3.8, 4) is 0 Å². The number of aliphatic hydroxyl groups excluding tert-OH is 2. The molecule has 0 aliphatic carbocycles. The number of nitrogens with zero attached hydrogens (tertiary/aromatic N) is 1. The number of carboxylic acid groups (broad SMARTS) is 1. The van der Waals surface area contributed by atoms with E-state index in [1.807, 2.05) is 0 Å². The van der Waals surface area contributed by atoms with E-state index in [9.17, 15) is 19.8 Å². The summed E-state index contributed by atoms with van der Waals surface area (Å²) in [6, 6.07) is 4.48. The van der Waals surface area contributed by atoms with Gasteiger partial charge < -0.3 is 20.1 Å². The minimum Gasteiger partial charge on any atom is -0.476 e. The van der Waals surface area contributed by atoms with Crippen molar-refractivity contribution in [1.29, 1.82) is 0 Å². The average Bonchev–Trinajstić information content (AvgIpc) is 2.89. The van der Waals surface area contributed by atoms with Crippen LogP contribution in [-0.4, -0.2) is 50.2 Å². The zero-order chi connectivity index (χ0) is 16.3. The molecule has 0 spiro atoms. The molecule has 0 saturated carbocycles. The van der Waals surface area contributed by atoms with E-state index in [-0.39, 0.29) is 24.3 Å². The number of carbonyl (C=O) groups excluding carboxylic acids is 1. The van der Waals surface area contributed by atoms with E-state index in [0.717, 1.165) is 0 Å². The van der Waals surface area contributed by atoms with Gasteiger partial charge in [-0.3, -0.25) is 9.89 Å². The Morgan fingerprint density at radius 1 is 1.36 bits per heavy atom. The maximum Gasteiger partial charge on any atom is 0.357 e. The van der Waals surface area contributed by atoms with E-state index in [0.29, 0.717) is 10.9 Å². The molecule has 1 heterocycles. The van der Waals surface area contributed by atoms with Crippen LogP contribution in [0.2, 0.25) is 0 Å². The largest absolute Gasteiger partial charge is 0.476 e. The van der Waals surface area contributed by atoms with Gasteiger partial charge in [-0.05, 0) is 24.6 Å². The van der Waals surface area contributed by atoms with Crippen molar-refractivity contribution in [2.24, 2.45) is 0 Å². The highest BCUT2D eigenvalue weighted by Crippen LogP contribution is 2.25. The van der Waals surface area contributed by atoms with Crippen molar-refractivity contribution in [2.75, 3.05) is 6.61 Å². The summed E-state index contributed by atoms with van der Waals surface area (Å²) in [6.07, 6.45) is -3.05. The maximum absolute atomic E-state index is 11.3. The Kier molecular flexibility index (Phi) is 4.74. The van der Waals surface area contributed by atoms with Crippen LogP contribution in [0, 0.1) is 0 Å². The minimum absolute atomic E-state index is 0.177. The van der Waals surface area contributed by atoms with Crippen molar-refractivity contribution >= 4 is 22.8 Å². The van der Waals surface area contributed by atoms with E-state index in [1.54, 1.807) is 13.0 Å². The molecule has 2 aromatic rings. The summed E-state index contributed by atoms with van der Waals surface area (Å²) < 4.78 is 4.70. The molecule has 0 aliphatic heterocycles. The molecular formula is C14H16N2O6. The molecule has 0 fully saturated rings. The van der Waals surface area contributed by atoms with Gasteiger partial charge in [0, 0.05) is 5.39 Å². The summed E-state index contributed by atoms with van der Waals surface area (Å²) in [6.45, 7) is 1.82. The first-order chi connectivity index (χ1) is 10.4. The lowest BCUT2D eigenvalue weighted by atomic mass is 10.00. The topological polar surface area (TPSA) is 133 Å². The van der Waals surface area contributed by atoms with E-state index in [2.05, 4.69) is 10.2 Å². The number of carboxylic acids is 1. The smallest absolute Gasteiger partial charge is 0.357 e. The number of carbonyl (C=O) groups is 2. The summed E-state index contributed by atoms with van der Waals surface area (Å²) in [4.78, 5) is 22.4. The zero-order valence-electron chi connectivity index (χ0n) is 11.8. The number of fused-ring (bicyclic) bond motifs is 1. The molecule has 0 radical (unpaired) electrons. The molecule has 0 saturated heterocycles. The highest BCUT2D eigenvalue weighted by atomic mass is 16.5.